The van der Waals surface area contributed by atoms with Crippen molar-refractivity contribution in [3.63, 3.8) is 0 Å². The topological polar surface area (TPSA) is 97.0 Å². The van der Waals surface area contributed by atoms with E-state index >= 15 is 0 Å². The first-order valence-corrected chi connectivity index (χ1v) is 15.0. The number of aliphatic imine (C=N–C) groups is 1. The molecule has 1 atom stereocenters. The molecule has 46 heavy (non-hydrogen) atoms. The number of thiocarbonyl (C=S) groups is 1. The van der Waals surface area contributed by atoms with Crippen LogP contribution in [-0.4, -0.2) is 55.2 Å². The van der Waals surface area contributed by atoms with Gasteiger partial charge in [-0.05, 0) is 66.2 Å². The van der Waals surface area contributed by atoms with Gasteiger partial charge in [-0.2, -0.15) is 10.1 Å². The van der Waals surface area contributed by atoms with Crippen molar-refractivity contribution in [2.45, 2.75) is 31.5 Å². The first kappa shape index (κ1) is 31.3. The normalized spacial score (nSPS) is 18.4. The van der Waals surface area contributed by atoms with Crippen LogP contribution in [0.25, 0.3) is 17.1 Å². The first-order chi connectivity index (χ1) is 21.9. The second kappa shape index (κ2) is 12.2. The molecule has 1 amide bonds. The van der Waals surface area contributed by atoms with Gasteiger partial charge in [-0.25, -0.2) is 18.4 Å². The number of amidine groups is 1. The lowest BCUT2D eigenvalue weighted by molar-refractivity contribution is -0.274. The minimum absolute atomic E-state index is 0.0197. The van der Waals surface area contributed by atoms with Crippen molar-refractivity contribution in [2.24, 2.45) is 10.1 Å². The summed E-state index contributed by atoms with van der Waals surface area (Å²) in [5, 5.41) is 8.75. The summed E-state index contributed by atoms with van der Waals surface area (Å²) in [7, 11) is 0. The summed E-state index contributed by atoms with van der Waals surface area (Å²) in [6.07, 6.45) is -2.09. The third-order valence-electron chi connectivity index (χ3n) is 6.96. The maximum atomic E-state index is 13.9. The minimum atomic E-state index is -4.78. The van der Waals surface area contributed by atoms with E-state index in [0.717, 1.165) is 17.3 Å². The minimum Gasteiger partial charge on any atom is -0.406 e. The van der Waals surface area contributed by atoms with Crippen LogP contribution in [0.5, 0.6) is 5.75 Å². The number of carbonyl (C=O) groups is 1. The molecule has 9 nitrogen and oxygen atoms in total. The average Bonchev–Trinajstić information content (AvgIpc) is 3.30. The number of benzene rings is 3. The highest BCUT2D eigenvalue weighted by molar-refractivity contribution is 8.15. The maximum absolute atomic E-state index is 13.9. The van der Waals surface area contributed by atoms with Crippen LogP contribution in [0.3, 0.4) is 0 Å². The number of ether oxygens (including phenoxy) is 1. The lowest BCUT2D eigenvalue weighted by Crippen LogP contribution is -2.31. The molecule has 1 N–H and O–H groups in total. The Kier molecular flexibility index (Phi) is 8.33. The number of halogens is 5. The van der Waals surface area contributed by atoms with Crippen molar-refractivity contribution in [2.75, 3.05) is 10.7 Å². The maximum Gasteiger partial charge on any atom is 0.573 e. The number of anilines is 1. The molecule has 1 saturated carbocycles. The fourth-order valence-corrected chi connectivity index (χ4v) is 5.75. The van der Waals surface area contributed by atoms with Crippen LogP contribution in [0.1, 0.15) is 29.0 Å². The number of hydrogen-bond acceptors (Lipinski definition) is 7. The van der Waals surface area contributed by atoms with Gasteiger partial charge in [0.05, 0.1) is 29.3 Å². The predicted molar refractivity (Wildman–Crippen MR) is 168 cm³/mol. The smallest absolute Gasteiger partial charge is 0.406 e. The summed E-state index contributed by atoms with van der Waals surface area (Å²) in [5.74, 6) is -3.87. The second-order valence-electron chi connectivity index (χ2n) is 10.3. The Bertz CT molecular complexity index is 1860. The summed E-state index contributed by atoms with van der Waals surface area (Å²) in [6, 6.07) is 17.4. The quantitative estimate of drug-likeness (QED) is 0.102. The molecule has 3 aromatic carbocycles. The molecule has 0 bridgehead atoms. The van der Waals surface area contributed by atoms with E-state index in [9.17, 15) is 26.7 Å². The number of aryl methyl sites for hydroxylation is 1. The van der Waals surface area contributed by atoms with Crippen molar-refractivity contribution in [3.05, 3.63) is 89.7 Å². The predicted octanol–water partition coefficient (Wildman–Crippen LogP) is 6.61. The molecule has 236 valence electrons. The van der Waals surface area contributed by atoms with Gasteiger partial charge in [0.15, 0.2) is 11.0 Å². The summed E-state index contributed by atoms with van der Waals surface area (Å²) in [5.41, 5.74) is 6.13. The van der Waals surface area contributed by atoms with E-state index in [-0.39, 0.29) is 34.1 Å². The molecule has 1 saturated heterocycles. The molecular weight excluding hydrogens is 650 g/mol. The zero-order valence-electron chi connectivity index (χ0n) is 23.7. The molecule has 1 aromatic heterocycles. The fourth-order valence-electron chi connectivity index (χ4n) is 4.69. The van der Waals surface area contributed by atoms with Gasteiger partial charge < -0.3 is 4.74 Å². The highest BCUT2D eigenvalue weighted by Crippen LogP contribution is 2.58. The molecule has 0 spiro atoms. The van der Waals surface area contributed by atoms with E-state index in [4.69, 9.17) is 12.2 Å². The van der Waals surface area contributed by atoms with Crippen LogP contribution < -0.4 is 15.1 Å². The zero-order chi connectivity index (χ0) is 32.6. The van der Waals surface area contributed by atoms with Gasteiger partial charge in [-0.1, -0.05) is 48.2 Å². The summed E-state index contributed by atoms with van der Waals surface area (Å²) >= 11 is 6.46. The van der Waals surface area contributed by atoms with Gasteiger partial charge in [0.25, 0.3) is 5.92 Å². The highest BCUT2D eigenvalue weighted by Gasteiger charge is 2.58. The van der Waals surface area contributed by atoms with E-state index in [0.29, 0.717) is 33.9 Å². The Labute approximate surface area is 268 Å². The second-order valence-corrected chi connectivity index (χ2v) is 11.7. The largest absolute Gasteiger partial charge is 0.573 e. The van der Waals surface area contributed by atoms with Gasteiger partial charge in [-0.15, -0.1) is 18.3 Å². The number of nitrogens with zero attached hydrogens (tertiary/aromatic N) is 6. The molecule has 6 rings (SSSR count). The molecule has 1 aliphatic heterocycles. The third-order valence-corrected chi connectivity index (χ3v) is 8.07. The number of alkyl halides is 5. The third kappa shape index (κ3) is 7.07. The molecule has 2 heterocycles. The molecule has 4 aromatic rings. The number of aromatic nitrogens is 3. The van der Waals surface area contributed by atoms with Gasteiger partial charge in [0.1, 0.15) is 12.1 Å². The molecular formula is C30H22F5N7O2S2. The number of nitrogens with one attached hydrogen (secondary N) is 1. The van der Waals surface area contributed by atoms with Crippen LogP contribution >= 0.6 is 24.0 Å². The lowest BCUT2D eigenvalue weighted by Gasteiger charge is -2.20. The van der Waals surface area contributed by atoms with E-state index in [1.807, 2.05) is 6.92 Å². The van der Waals surface area contributed by atoms with Crippen LogP contribution in [-0.2, 0) is 4.79 Å². The van der Waals surface area contributed by atoms with Crippen molar-refractivity contribution >= 4 is 52.1 Å². The van der Waals surface area contributed by atoms with Crippen molar-refractivity contribution < 1.29 is 31.5 Å². The molecule has 2 fully saturated rings. The number of thioether (sulfide) groups is 1. The number of rotatable bonds is 7. The van der Waals surface area contributed by atoms with Crippen LogP contribution in [0.15, 0.2) is 83.2 Å². The highest BCUT2D eigenvalue weighted by atomic mass is 32.2. The van der Waals surface area contributed by atoms with Gasteiger partial charge >= 0.3 is 6.36 Å². The first-order valence-electron chi connectivity index (χ1n) is 13.6. The van der Waals surface area contributed by atoms with Crippen LogP contribution in [0, 0.1) is 6.92 Å². The van der Waals surface area contributed by atoms with Crippen molar-refractivity contribution in [1.82, 2.24) is 20.2 Å². The summed E-state index contributed by atoms with van der Waals surface area (Å²) < 4.78 is 70.4. The number of carbonyl (C=O) groups excluding carboxylic acids is 1. The lowest BCUT2D eigenvalue weighted by atomic mass is 10.0. The van der Waals surface area contributed by atoms with Crippen molar-refractivity contribution in [3.8, 4) is 22.8 Å². The zero-order valence-corrected chi connectivity index (χ0v) is 25.3. The average molecular weight is 672 g/mol. The fraction of sp³-hybridized carbons (Fsp3) is 0.200. The number of hydrazone groups is 1. The molecule has 1 unspecified atom stereocenters. The molecule has 16 heteroatoms. The van der Waals surface area contributed by atoms with Crippen LogP contribution in [0.2, 0.25) is 0 Å². The monoisotopic (exact) mass is 671 g/mol. The summed E-state index contributed by atoms with van der Waals surface area (Å²) in [4.78, 5) is 22.7. The number of hydrogen-bond donors (Lipinski definition) is 1. The number of amides is 1. The molecule has 2 aliphatic rings. The SMILES string of the molecule is Cc1ccc(C2CC2(F)F)c(N2C(=O)CSC2=NC(=S)N/N=C/c2ccc(-c3ncn(-c4ccc(OC(F)(F)F)cc4)n3)cc2)c1. The van der Waals surface area contributed by atoms with E-state index < -0.39 is 18.2 Å². The summed E-state index contributed by atoms with van der Waals surface area (Å²) in [6.45, 7) is 1.82. The van der Waals surface area contributed by atoms with Gasteiger partial charge in [0.2, 0.25) is 11.0 Å². The Morgan fingerprint density at radius 3 is 2.52 bits per heavy atom. The Hall–Kier alpha value is -4.70. The molecule has 1 aliphatic carbocycles. The van der Waals surface area contributed by atoms with E-state index in [1.165, 1.54) is 46.4 Å². The van der Waals surface area contributed by atoms with E-state index in [1.54, 1.807) is 42.5 Å². The molecule has 0 radical (unpaired) electrons. The van der Waals surface area contributed by atoms with Gasteiger partial charge in [0, 0.05) is 12.0 Å². The Morgan fingerprint density at radius 1 is 1.13 bits per heavy atom. The standard InChI is InChI=1S/C30H22F5N7O2S2/c1-17-2-11-22(23-13-29(23,31)32)24(12-17)42-25(43)15-46-28(42)38-27(45)39-37-14-18-3-5-19(6-4-18)26-36-16-41(40-26)20-7-9-21(10-8-20)44-30(33,34)35/h2-12,14,16,23H,13,15H2,1H3,(H,39,45)/b37-14+,38-28?. The Balaban J connectivity index is 1.09. The Morgan fingerprint density at radius 2 is 1.85 bits per heavy atom. The van der Waals surface area contributed by atoms with Gasteiger partial charge in [-0.3, -0.25) is 15.1 Å². The van der Waals surface area contributed by atoms with Crippen molar-refractivity contribution in [1.29, 1.82) is 0 Å². The van der Waals surface area contributed by atoms with E-state index in [2.05, 4.69) is 30.3 Å². The van der Waals surface area contributed by atoms with Crippen LogP contribution in [0.4, 0.5) is 27.6 Å².